The van der Waals surface area contributed by atoms with Gasteiger partial charge in [0.15, 0.2) is 0 Å². The molecule has 3 rings (SSSR count). The van der Waals surface area contributed by atoms with Gasteiger partial charge in [0.2, 0.25) is 11.8 Å². The van der Waals surface area contributed by atoms with Gasteiger partial charge in [-0.2, -0.15) is 0 Å². The Hall–Kier alpha value is -3.92. The van der Waals surface area contributed by atoms with Gasteiger partial charge >= 0.3 is 0 Å². The van der Waals surface area contributed by atoms with Crippen LogP contribution in [0.15, 0.2) is 103 Å². The van der Waals surface area contributed by atoms with Crippen LogP contribution in [0.4, 0.5) is 0 Å². The van der Waals surface area contributed by atoms with Gasteiger partial charge in [0.05, 0.1) is 0 Å². The Balaban J connectivity index is 1.68. The standard InChI is InChI=1S/C25H22N2O2/c28-23(18-16-20-10-4-1-5-11-20)26-25(22-14-8-3-9-15-22)27-24(29)19-17-21-12-6-2-7-13-21/h1-19,25H,(H,26,28)(H,27,29)/b18-16+,19-17+. The summed E-state index contributed by atoms with van der Waals surface area (Å²) in [5.74, 6) is -0.593. The highest BCUT2D eigenvalue weighted by Crippen LogP contribution is 2.10. The largest absolute Gasteiger partial charge is 0.328 e. The molecule has 0 spiro atoms. The predicted octanol–water partition coefficient (Wildman–Crippen LogP) is 4.34. The Bertz CT molecular complexity index is 918. The van der Waals surface area contributed by atoms with Gasteiger partial charge in [0.1, 0.15) is 6.17 Å². The van der Waals surface area contributed by atoms with Gasteiger partial charge in [0.25, 0.3) is 0 Å². The van der Waals surface area contributed by atoms with Gasteiger partial charge in [-0.1, -0.05) is 91.0 Å². The molecule has 3 aromatic carbocycles. The smallest absolute Gasteiger partial charge is 0.245 e. The van der Waals surface area contributed by atoms with E-state index in [0.29, 0.717) is 0 Å². The van der Waals surface area contributed by atoms with Crippen LogP contribution in [-0.2, 0) is 9.59 Å². The van der Waals surface area contributed by atoms with Crippen molar-refractivity contribution in [2.75, 3.05) is 0 Å². The van der Waals surface area contributed by atoms with E-state index in [0.717, 1.165) is 16.7 Å². The van der Waals surface area contributed by atoms with E-state index in [1.54, 1.807) is 12.2 Å². The maximum Gasteiger partial charge on any atom is 0.245 e. The van der Waals surface area contributed by atoms with Gasteiger partial charge in [-0.25, -0.2) is 0 Å². The van der Waals surface area contributed by atoms with E-state index in [-0.39, 0.29) is 11.8 Å². The van der Waals surface area contributed by atoms with Crippen molar-refractivity contribution < 1.29 is 9.59 Å². The summed E-state index contributed by atoms with van der Waals surface area (Å²) in [7, 11) is 0. The Morgan fingerprint density at radius 1 is 0.586 bits per heavy atom. The van der Waals surface area contributed by atoms with E-state index in [9.17, 15) is 9.59 Å². The lowest BCUT2D eigenvalue weighted by Gasteiger charge is -2.19. The zero-order valence-electron chi connectivity index (χ0n) is 15.9. The van der Waals surface area contributed by atoms with Crippen molar-refractivity contribution in [3.63, 3.8) is 0 Å². The Labute approximate surface area is 170 Å². The van der Waals surface area contributed by atoms with E-state index in [4.69, 9.17) is 0 Å². The third kappa shape index (κ3) is 6.63. The van der Waals surface area contributed by atoms with Crippen molar-refractivity contribution in [2.24, 2.45) is 0 Å². The van der Waals surface area contributed by atoms with Gasteiger partial charge < -0.3 is 10.6 Å². The molecule has 2 amide bonds. The van der Waals surface area contributed by atoms with E-state index < -0.39 is 6.17 Å². The minimum Gasteiger partial charge on any atom is -0.328 e. The second kappa shape index (κ2) is 10.4. The highest BCUT2D eigenvalue weighted by atomic mass is 16.2. The molecule has 0 heterocycles. The molecule has 3 aromatic rings. The van der Waals surface area contributed by atoms with Gasteiger partial charge in [-0.15, -0.1) is 0 Å². The Morgan fingerprint density at radius 2 is 0.966 bits per heavy atom. The van der Waals surface area contributed by atoms with Crippen LogP contribution in [0.3, 0.4) is 0 Å². The molecular weight excluding hydrogens is 360 g/mol. The Kier molecular flexibility index (Phi) is 7.13. The summed E-state index contributed by atoms with van der Waals surface area (Å²) in [4.78, 5) is 24.8. The van der Waals surface area contributed by atoms with E-state index in [2.05, 4.69) is 10.6 Å². The zero-order chi connectivity index (χ0) is 20.3. The van der Waals surface area contributed by atoms with Crippen LogP contribution in [0, 0.1) is 0 Å². The molecule has 0 saturated carbocycles. The monoisotopic (exact) mass is 382 g/mol. The highest BCUT2D eigenvalue weighted by molar-refractivity contribution is 5.94. The number of carbonyl (C=O) groups is 2. The summed E-state index contributed by atoms with van der Waals surface area (Å²) in [6.45, 7) is 0. The number of carbonyl (C=O) groups excluding carboxylic acids is 2. The van der Waals surface area contributed by atoms with Crippen LogP contribution < -0.4 is 10.6 Å². The summed E-state index contributed by atoms with van der Waals surface area (Å²) < 4.78 is 0. The van der Waals surface area contributed by atoms with E-state index in [1.165, 1.54) is 12.2 Å². The highest BCUT2D eigenvalue weighted by Gasteiger charge is 2.14. The minimum absolute atomic E-state index is 0.296. The summed E-state index contributed by atoms with van der Waals surface area (Å²) in [5, 5.41) is 5.68. The summed E-state index contributed by atoms with van der Waals surface area (Å²) in [6, 6.07) is 28.4. The summed E-state index contributed by atoms with van der Waals surface area (Å²) in [5.41, 5.74) is 2.64. The van der Waals surface area contributed by atoms with Gasteiger partial charge in [-0.05, 0) is 28.8 Å². The lowest BCUT2D eigenvalue weighted by molar-refractivity contribution is -0.119. The van der Waals surface area contributed by atoms with Crippen molar-refractivity contribution in [3.05, 3.63) is 120 Å². The first-order valence-electron chi connectivity index (χ1n) is 9.33. The molecule has 0 aromatic heterocycles. The number of hydrogen-bond donors (Lipinski definition) is 2. The normalized spacial score (nSPS) is 11.1. The second-order valence-corrected chi connectivity index (χ2v) is 6.35. The fraction of sp³-hybridized carbons (Fsp3) is 0.0400. The SMILES string of the molecule is O=C(/C=C/c1ccccc1)NC(NC(=O)/C=C/c1ccccc1)c1ccccc1. The fourth-order valence-electron chi connectivity index (χ4n) is 2.70. The van der Waals surface area contributed by atoms with E-state index >= 15 is 0 Å². The molecule has 0 fully saturated rings. The molecule has 4 heteroatoms. The third-order valence-electron chi connectivity index (χ3n) is 4.16. The molecule has 0 unspecified atom stereocenters. The van der Waals surface area contributed by atoms with Crippen LogP contribution in [0.25, 0.3) is 12.2 Å². The zero-order valence-corrected chi connectivity index (χ0v) is 15.9. The number of hydrogen-bond acceptors (Lipinski definition) is 2. The molecule has 2 N–H and O–H groups in total. The molecule has 29 heavy (non-hydrogen) atoms. The van der Waals surface area contributed by atoms with Crippen LogP contribution in [-0.4, -0.2) is 11.8 Å². The van der Waals surface area contributed by atoms with Gasteiger partial charge in [-0.3, -0.25) is 9.59 Å². The predicted molar refractivity (Wildman–Crippen MR) is 116 cm³/mol. The lowest BCUT2D eigenvalue weighted by atomic mass is 10.1. The summed E-state index contributed by atoms with van der Waals surface area (Å²) >= 11 is 0. The van der Waals surface area contributed by atoms with Crippen LogP contribution in [0.1, 0.15) is 22.9 Å². The molecule has 0 bridgehead atoms. The first-order valence-corrected chi connectivity index (χ1v) is 9.33. The molecule has 0 aliphatic carbocycles. The first kappa shape index (κ1) is 19.8. The molecule has 0 atom stereocenters. The van der Waals surface area contributed by atoms with Crippen molar-refractivity contribution in [3.8, 4) is 0 Å². The molecule has 144 valence electrons. The molecule has 0 radical (unpaired) electrons. The third-order valence-corrected chi connectivity index (χ3v) is 4.16. The number of rotatable bonds is 7. The molecule has 0 aliphatic heterocycles. The van der Waals surface area contributed by atoms with Gasteiger partial charge in [0, 0.05) is 12.2 Å². The maximum atomic E-state index is 12.4. The second-order valence-electron chi connectivity index (χ2n) is 6.35. The lowest BCUT2D eigenvalue weighted by Crippen LogP contribution is -2.39. The Morgan fingerprint density at radius 3 is 1.38 bits per heavy atom. The average molecular weight is 382 g/mol. The molecular formula is C25H22N2O2. The first-order chi connectivity index (χ1) is 14.2. The molecule has 0 aliphatic rings. The maximum absolute atomic E-state index is 12.4. The van der Waals surface area contributed by atoms with Crippen molar-refractivity contribution in [2.45, 2.75) is 6.17 Å². The topological polar surface area (TPSA) is 58.2 Å². The molecule has 0 saturated heterocycles. The van der Waals surface area contributed by atoms with Crippen molar-refractivity contribution >= 4 is 24.0 Å². The van der Waals surface area contributed by atoms with Crippen LogP contribution >= 0.6 is 0 Å². The van der Waals surface area contributed by atoms with Crippen molar-refractivity contribution in [1.82, 2.24) is 10.6 Å². The summed E-state index contributed by atoms with van der Waals surface area (Å²) in [6.07, 6.45) is 5.73. The fourth-order valence-corrected chi connectivity index (χ4v) is 2.70. The van der Waals surface area contributed by atoms with E-state index in [1.807, 2.05) is 91.0 Å². The molecule has 4 nitrogen and oxygen atoms in total. The number of nitrogens with one attached hydrogen (secondary N) is 2. The number of amides is 2. The number of benzene rings is 3. The quantitative estimate of drug-likeness (QED) is 0.472. The van der Waals surface area contributed by atoms with Crippen molar-refractivity contribution in [1.29, 1.82) is 0 Å². The van der Waals surface area contributed by atoms with Crippen LogP contribution in [0.2, 0.25) is 0 Å². The minimum atomic E-state index is -0.642. The van der Waals surface area contributed by atoms with Crippen LogP contribution in [0.5, 0.6) is 0 Å². The average Bonchev–Trinajstić information content (AvgIpc) is 2.78.